The van der Waals surface area contributed by atoms with Crippen LogP contribution in [-0.4, -0.2) is 64.0 Å². The molecule has 0 spiro atoms. The highest BCUT2D eigenvalue weighted by atomic mass is 79.9. The summed E-state index contributed by atoms with van der Waals surface area (Å²) >= 11 is 3.38. The standard InChI is InChI=1S/2C19H31NO2.C15H23NO2.C4H9Br/c2*1-17(2,3)14-10-13(12-20(22)19(7,8)9)11-15(16(14)21)18(4,5)6;1-14(2,3)11-7-10(9-16-18)8-12(13(11)17)15(4,5)6;1-4(2,3)5/h2*10-12,22H,1-9H3;7-9,17-18H,1-6H3;1-3H3/b;;16-9-;. The summed E-state index contributed by atoms with van der Waals surface area (Å²) < 4.78 is 0.312. The Kier molecular flexibility index (Phi) is 21.1. The smallest absolute Gasteiger partial charge is 0.186 e. The average molecular weight is 997 g/mol. The van der Waals surface area contributed by atoms with Gasteiger partial charge in [-0.05, 0) is 127 Å². The molecule has 4 N–H and O–H groups in total. The van der Waals surface area contributed by atoms with Crippen LogP contribution in [0.3, 0.4) is 0 Å². The summed E-state index contributed by atoms with van der Waals surface area (Å²) in [4.78, 5) is 25.6. The molecule has 9 nitrogen and oxygen atoms in total. The summed E-state index contributed by atoms with van der Waals surface area (Å²) in [6, 6.07) is 3.73. The summed E-state index contributed by atoms with van der Waals surface area (Å²) in [5.41, 5.74) is 5.34. The van der Waals surface area contributed by atoms with Crippen molar-refractivity contribution in [2.45, 2.75) is 213 Å². The zero-order chi connectivity index (χ0) is 53.7. The molecule has 0 saturated carbocycles. The lowest BCUT2D eigenvalue weighted by atomic mass is 9.72. The van der Waals surface area contributed by atoms with Gasteiger partial charge in [-0.15, -0.1) is 0 Å². The fourth-order valence-electron chi connectivity index (χ4n) is 6.29. The lowest BCUT2D eigenvalue weighted by molar-refractivity contribution is -0.115. The molecule has 1 aromatic rings. The van der Waals surface area contributed by atoms with Gasteiger partial charge in [0.05, 0.1) is 17.3 Å². The highest BCUT2D eigenvalue weighted by Crippen LogP contribution is 2.42. The molecule has 3 rings (SSSR count). The van der Waals surface area contributed by atoms with Gasteiger partial charge in [-0.25, -0.2) is 0 Å². The molecule has 0 aromatic heterocycles. The van der Waals surface area contributed by atoms with Gasteiger partial charge in [-0.1, -0.05) is 166 Å². The first-order chi connectivity index (χ1) is 29.3. The van der Waals surface area contributed by atoms with E-state index in [0.29, 0.717) is 10.1 Å². The predicted octanol–water partition coefficient (Wildman–Crippen LogP) is 15.8. The van der Waals surface area contributed by atoms with Crippen LogP contribution in [0.4, 0.5) is 0 Å². The molecule has 0 bridgehead atoms. The zero-order valence-electron chi connectivity index (χ0n) is 47.0. The van der Waals surface area contributed by atoms with E-state index in [-0.39, 0.29) is 55.1 Å². The molecule has 0 heterocycles. The number of halogens is 1. The van der Waals surface area contributed by atoms with E-state index in [4.69, 9.17) is 5.21 Å². The maximum atomic E-state index is 12.8. The van der Waals surface area contributed by atoms with Crippen LogP contribution in [0.15, 0.2) is 87.4 Å². The number of aromatic hydroxyl groups is 1. The lowest BCUT2D eigenvalue weighted by Gasteiger charge is -2.33. The molecule has 1 aromatic carbocycles. The second-order valence-corrected chi connectivity index (χ2v) is 29.3. The van der Waals surface area contributed by atoms with Gasteiger partial charge in [0.2, 0.25) is 0 Å². The van der Waals surface area contributed by atoms with Crippen molar-refractivity contribution in [3.8, 4) is 5.75 Å². The number of ketones is 2. The van der Waals surface area contributed by atoms with Gasteiger partial charge in [0.25, 0.3) is 0 Å². The summed E-state index contributed by atoms with van der Waals surface area (Å²) in [6.07, 6.45) is 12.4. The number of carbonyl (C=O) groups is 2. The summed E-state index contributed by atoms with van der Waals surface area (Å²) in [5, 5.41) is 45.0. The Morgan fingerprint density at radius 1 is 0.463 bits per heavy atom. The summed E-state index contributed by atoms with van der Waals surface area (Å²) in [7, 11) is 0. The van der Waals surface area contributed by atoms with Gasteiger partial charge in [0, 0.05) is 50.1 Å². The Morgan fingerprint density at radius 2 is 0.687 bits per heavy atom. The number of carbonyl (C=O) groups excluding carboxylic acids is 2. The average Bonchev–Trinajstić information content (AvgIpc) is 3.06. The minimum atomic E-state index is -0.389. The third kappa shape index (κ3) is 21.2. The number of Topliss-reactive ketones (excluding diaryl/α,β-unsaturated/α-hetero) is 2. The van der Waals surface area contributed by atoms with Crippen LogP contribution in [0.1, 0.15) is 204 Å². The Morgan fingerprint density at radius 3 is 0.851 bits per heavy atom. The number of allylic oxidation sites excluding steroid dienone is 10. The monoisotopic (exact) mass is 996 g/mol. The van der Waals surface area contributed by atoms with E-state index in [0.717, 1.165) is 50.1 Å². The number of hydroxylamine groups is 4. The van der Waals surface area contributed by atoms with Gasteiger partial charge < -0.3 is 10.3 Å². The molecule has 0 amide bonds. The van der Waals surface area contributed by atoms with Crippen molar-refractivity contribution in [3.63, 3.8) is 0 Å². The Labute approximate surface area is 417 Å². The van der Waals surface area contributed by atoms with Crippen LogP contribution < -0.4 is 0 Å². The maximum absolute atomic E-state index is 12.8. The molecular formula is C57H94BrN3O6. The number of phenols is 1. The van der Waals surface area contributed by atoms with E-state index in [1.165, 1.54) is 16.3 Å². The molecule has 0 fully saturated rings. The van der Waals surface area contributed by atoms with Crippen molar-refractivity contribution in [2.75, 3.05) is 0 Å². The molecule has 0 atom stereocenters. The zero-order valence-corrected chi connectivity index (χ0v) is 48.6. The van der Waals surface area contributed by atoms with Crippen LogP contribution in [0, 0.1) is 21.7 Å². The van der Waals surface area contributed by atoms with Crippen molar-refractivity contribution in [3.05, 3.63) is 99.0 Å². The molecule has 67 heavy (non-hydrogen) atoms. The lowest BCUT2D eigenvalue weighted by Crippen LogP contribution is -2.35. The van der Waals surface area contributed by atoms with Crippen LogP contribution >= 0.6 is 15.9 Å². The highest BCUT2D eigenvalue weighted by molar-refractivity contribution is 9.10. The van der Waals surface area contributed by atoms with Crippen LogP contribution in [0.5, 0.6) is 5.75 Å². The summed E-state index contributed by atoms with van der Waals surface area (Å²) in [6.45, 7) is 54.7. The Hall–Kier alpha value is -3.73. The van der Waals surface area contributed by atoms with E-state index >= 15 is 0 Å². The third-order valence-corrected chi connectivity index (χ3v) is 10.3. The fourth-order valence-corrected chi connectivity index (χ4v) is 6.29. The SMILES string of the molecule is CC(C)(C)Br.CC(C)(C)C1=CC(=CN(O)C(C)(C)C)C=C(C(C)(C)C)C1=O.CC(C)(C)C1=CC(=CN(O)C(C)(C)C)C=C(C(C)(C)C)C1=O.CC(C)(C)c1cc(/C=N\O)cc(C(C)(C)C)c1O. The number of hydrogen-bond donors (Lipinski definition) is 4. The molecule has 380 valence electrons. The number of benzene rings is 1. The molecule has 0 unspecified atom stereocenters. The van der Waals surface area contributed by atoms with Crippen molar-refractivity contribution >= 4 is 33.7 Å². The van der Waals surface area contributed by atoms with E-state index in [1.54, 1.807) is 12.4 Å². The molecule has 10 heteroatoms. The van der Waals surface area contributed by atoms with Crippen LogP contribution in [0.25, 0.3) is 0 Å². The number of phenolic OH excluding ortho intramolecular Hbond substituents is 1. The van der Waals surface area contributed by atoms with Crippen LogP contribution in [0.2, 0.25) is 0 Å². The molecule has 0 radical (unpaired) electrons. The third-order valence-electron chi connectivity index (χ3n) is 10.3. The molecule has 0 aliphatic heterocycles. The predicted molar refractivity (Wildman–Crippen MR) is 287 cm³/mol. The Balaban J connectivity index is 0.000000930. The van der Waals surface area contributed by atoms with Crippen molar-refractivity contribution < 1.29 is 30.3 Å². The van der Waals surface area contributed by atoms with Crippen molar-refractivity contribution in [1.29, 1.82) is 0 Å². The summed E-state index contributed by atoms with van der Waals surface area (Å²) in [5.74, 6) is 0.555. The van der Waals surface area contributed by atoms with E-state index in [1.807, 2.05) is 203 Å². The van der Waals surface area contributed by atoms with E-state index in [9.17, 15) is 25.1 Å². The number of hydrogen-bond acceptors (Lipinski definition) is 9. The molecule has 2 aliphatic rings. The van der Waals surface area contributed by atoms with Crippen LogP contribution in [-0.2, 0) is 20.4 Å². The number of alkyl halides is 1. The normalized spacial score (nSPS) is 15.7. The minimum absolute atomic E-state index is 0.109. The van der Waals surface area contributed by atoms with Gasteiger partial charge in [-0.2, -0.15) is 0 Å². The minimum Gasteiger partial charge on any atom is -0.507 e. The second kappa shape index (κ2) is 22.4. The topological polar surface area (TPSA) is 134 Å². The fraction of sp³-hybridized carbons (Fsp3) is 0.632. The second-order valence-electron chi connectivity index (χ2n) is 27.0. The first kappa shape index (κ1) is 63.3. The molecule has 0 saturated heterocycles. The molecular weight excluding hydrogens is 903 g/mol. The molecule has 2 aliphatic carbocycles. The first-order valence-electron chi connectivity index (χ1n) is 23.5. The maximum Gasteiger partial charge on any atom is 0.186 e. The largest absolute Gasteiger partial charge is 0.507 e. The quantitative estimate of drug-likeness (QED) is 0.102. The highest BCUT2D eigenvalue weighted by Gasteiger charge is 2.36. The van der Waals surface area contributed by atoms with E-state index in [2.05, 4.69) is 41.9 Å². The van der Waals surface area contributed by atoms with Gasteiger partial charge >= 0.3 is 0 Å². The number of nitrogens with zero attached hydrogens (tertiary/aromatic N) is 3. The number of rotatable bonds is 3. The van der Waals surface area contributed by atoms with Gasteiger partial charge in [0.1, 0.15) is 5.75 Å². The van der Waals surface area contributed by atoms with Crippen molar-refractivity contribution in [2.24, 2.45) is 26.8 Å². The van der Waals surface area contributed by atoms with Crippen molar-refractivity contribution in [1.82, 2.24) is 10.1 Å². The number of oxime groups is 1. The van der Waals surface area contributed by atoms with E-state index < -0.39 is 0 Å². The first-order valence-corrected chi connectivity index (χ1v) is 24.3. The van der Waals surface area contributed by atoms with Gasteiger partial charge in [-0.3, -0.25) is 30.1 Å². The Bertz CT molecular complexity index is 1900. The van der Waals surface area contributed by atoms with Gasteiger partial charge in [0.15, 0.2) is 11.6 Å².